The van der Waals surface area contributed by atoms with Crippen LogP contribution >= 0.6 is 0 Å². The van der Waals surface area contributed by atoms with Gasteiger partial charge in [-0.2, -0.15) is 0 Å². The SMILES string of the molecule is CC(C)(C)[Si](O[C@H]1[C@H](O)[C@@H](O[Si](c2ccccc2)(c2ccccc2)C(C)(C)C)[C@@](O)(c2ccc(F)cc2)O[C@@H]1CO)(c1ccccc1)c1ccccc1. The van der Waals surface area contributed by atoms with Gasteiger partial charge in [-0.25, -0.2) is 4.39 Å². The highest BCUT2D eigenvalue weighted by Gasteiger charge is 2.63. The van der Waals surface area contributed by atoms with Gasteiger partial charge in [0.1, 0.15) is 30.2 Å². The zero-order valence-electron chi connectivity index (χ0n) is 31.3. The molecule has 1 aliphatic heterocycles. The van der Waals surface area contributed by atoms with Gasteiger partial charge in [-0.05, 0) is 43.0 Å². The summed E-state index contributed by atoms with van der Waals surface area (Å²) in [5.74, 6) is -2.82. The van der Waals surface area contributed by atoms with E-state index in [9.17, 15) is 19.7 Å². The second-order valence-electron chi connectivity index (χ2n) is 16.0. The Morgan fingerprint density at radius 3 is 1.30 bits per heavy atom. The summed E-state index contributed by atoms with van der Waals surface area (Å²) in [6.45, 7) is 12.2. The lowest BCUT2D eigenvalue weighted by atomic mass is 9.88. The Bertz CT molecular complexity index is 1840. The number of ether oxygens (including phenoxy) is 1. The summed E-state index contributed by atoms with van der Waals surface area (Å²) in [7, 11) is -6.83. The predicted molar refractivity (Wildman–Crippen MR) is 213 cm³/mol. The Balaban J connectivity index is 1.60. The van der Waals surface area contributed by atoms with E-state index in [1.54, 1.807) is 0 Å². The zero-order chi connectivity index (χ0) is 38.1. The van der Waals surface area contributed by atoms with Crippen LogP contribution in [-0.2, 0) is 19.4 Å². The van der Waals surface area contributed by atoms with Crippen molar-refractivity contribution in [2.24, 2.45) is 0 Å². The molecule has 53 heavy (non-hydrogen) atoms. The standard InChI is InChI=1S/C44H51FO6Si2/c1-42(2,3)52(34-19-11-7-12-20-34,35-21-13-8-14-22-35)50-40-38(31-46)49-44(48,32-27-29-33(45)30-28-32)41(39(40)47)51-53(43(4,5)6,36-23-15-9-16-24-36)37-25-17-10-18-26-37/h7-30,38-41,46-48H,31H2,1-6H3/t38-,39+,40-,41-,44-/m1/s1. The minimum Gasteiger partial charge on any atom is -0.399 e. The van der Waals surface area contributed by atoms with Gasteiger partial charge in [0, 0.05) is 5.56 Å². The largest absolute Gasteiger partial charge is 0.399 e. The quantitative estimate of drug-likeness (QED) is 0.161. The van der Waals surface area contributed by atoms with Gasteiger partial charge in [0.15, 0.2) is 0 Å². The third kappa shape index (κ3) is 7.01. The Morgan fingerprint density at radius 2 is 0.962 bits per heavy atom. The van der Waals surface area contributed by atoms with E-state index in [0.29, 0.717) is 0 Å². The van der Waals surface area contributed by atoms with Crippen LogP contribution in [0.2, 0.25) is 10.1 Å². The van der Waals surface area contributed by atoms with Crippen LogP contribution in [0, 0.1) is 5.82 Å². The van der Waals surface area contributed by atoms with E-state index in [-0.39, 0.29) is 5.56 Å². The average molecular weight is 751 g/mol. The fourth-order valence-electron chi connectivity index (χ4n) is 8.12. The van der Waals surface area contributed by atoms with Crippen LogP contribution in [0.4, 0.5) is 4.39 Å². The van der Waals surface area contributed by atoms with Crippen molar-refractivity contribution in [3.05, 3.63) is 157 Å². The molecule has 0 aliphatic carbocycles. The Morgan fingerprint density at radius 1 is 0.604 bits per heavy atom. The molecule has 278 valence electrons. The van der Waals surface area contributed by atoms with E-state index in [1.165, 1.54) is 24.3 Å². The summed E-state index contributed by atoms with van der Waals surface area (Å²) in [5, 5.41) is 39.8. The van der Waals surface area contributed by atoms with Gasteiger partial charge >= 0.3 is 0 Å². The Kier molecular flexibility index (Phi) is 11.1. The minimum absolute atomic E-state index is 0.184. The molecule has 5 atom stereocenters. The molecule has 1 heterocycles. The molecule has 3 N–H and O–H groups in total. The lowest BCUT2D eigenvalue weighted by Gasteiger charge is -2.55. The van der Waals surface area contributed by atoms with Crippen molar-refractivity contribution in [3.63, 3.8) is 0 Å². The van der Waals surface area contributed by atoms with Gasteiger partial charge in [-0.15, -0.1) is 0 Å². The number of benzene rings is 5. The molecule has 0 saturated carbocycles. The van der Waals surface area contributed by atoms with Gasteiger partial charge < -0.3 is 28.9 Å². The molecular weight excluding hydrogens is 700 g/mol. The van der Waals surface area contributed by atoms with Crippen LogP contribution < -0.4 is 20.7 Å². The van der Waals surface area contributed by atoms with Crippen LogP contribution in [0.15, 0.2) is 146 Å². The van der Waals surface area contributed by atoms with Crippen LogP contribution in [0.25, 0.3) is 0 Å². The lowest BCUT2D eigenvalue weighted by molar-refractivity contribution is -0.351. The van der Waals surface area contributed by atoms with Crippen molar-refractivity contribution >= 4 is 37.4 Å². The second-order valence-corrected chi connectivity index (χ2v) is 24.5. The highest BCUT2D eigenvalue weighted by Crippen LogP contribution is 2.47. The molecule has 5 aromatic rings. The first-order chi connectivity index (χ1) is 25.2. The molecule has 0 radical (unpaired) electrons. The van der Waals surface area contributed by atoms with Gasteiger partial charge in [0.25, 0.3) is 16.6 Å². The van der Waals surface area contributed by atoms with E-state index in [0.717, 1.165) is 20.7 Å². The molecule has 1 saturated heterocycles. The number of hydrogen-bond acceptors (Lipinski definition) is 6. The van der Waals surface area contributed by atoms with Gasteiger partial charge in [-0.3, -0.25) is 0 Å². The first-order valence-electron chi connectivity index (χ1n) is 18.2. The summed E-state index contributed by atoms with van der Waals surface area (Å²) in [6, 6.07) is 45.3. The summed E-state index contributed by atoms with van der Waals surface area (Å²) < 4.78 is 36.0. The van der Waals surface area contributed by atoms with Gasteiger partial charge in [0.05, 0.1) is 6.61 Å². The maximum absolute atomic E-state index is 14.4. The van der Waals surface area contributed by atoms with Crippen LogP contribution in [0.1, 0.15) is 47.1 Å². The molecule has 5 aromatic carbocycles. The Hall–Kier alpha value is -3.78. The summed E-state index contributed by atoms with van der Waals surface area (Å²) in [4.78, 5) is 0. The molecule has 6 rings (SSSR count). The van der Waals surface area contributed by atoms with E-state index >= 15 is 0 Å². The summed E-state index contributed by atoms with van der Waals surface area (Å²) in [6.07, 6.45) is -5.33. The van der Waals surface area contributed by atoms with Gasteiger partial charge in [0.2, 0.25) is 5.79 Å². The van der Waals surface area contributed by atoms with E-state index in [4.69, 9.17) is 13.6 Å². The number of hydrogen-bond donors (Lipinski definition) is 3. The average Bonchev–Trinajstić information content (AvgIpc) is 3.15. The summed E-state index contributed by atoms with van der Waals surface area (Å²) in [5.41, 5.74) is 0.184. The molecule has 1 aliphatic rings. The van der Waals surface area contributed by atoms with Crippen molar-refractivity contribution in [1.29, 1.82) is 0 Å². The predicted octanol–water partition coefficient (Wildman–Crippen LogP) is 5.61. The first-order valence-corrected chi connectivity index (χ1v) is 22.0. The van der Waals surface area contributed by atoms with Crippen LogP contribution in [0.5, 0.6) is 0 Å². The van der Waals surface area contributed by atoms with Crippen molar-refractivity contribution in [2.45, 2.75) is 81.8 Å². The third-order valence-electron chi connectivity index (χ3n) is 10.6. The first kappa shape index (κ1) is 38.9. The van der Waals surface area contributed by atoms with Crippen molar-refractivity contribution < 1.29 is 33.3 Å². The topological polar surface area (TPSA) is 88.4 Å². The van der Waals surface area contributed by atoms with Crippen LogP contribution in [-0.4, -0.2) is 63.0 Å². The van der Waals surface area contributed by atoms with Crippen molar-refractivity contribution in [3.8, 4) is 0 Å². The third-order valence-corrected chi connectivity index (χ3v) is 20.7. The number of halogens is 1. The number of rotatable bonds is 10. The molecule has 1 fully saturated rings. The number of aliphatic hydroxyl groups is 3. The van der Waals surface area contributed by atoms with Gasteiger partial charge in [-0.1, -0.05) is 175 Å². The zero-order valence-corrected chi connectivity index (χ0v) is 33.3. The highest BCUT2D eigenvalue weighted by atomic mass is 28.4. The molecule has 0 unspecified atom stereocenters. The molecule has 6 nitrogen and oxygen atoms in total. The summed E-state index contributed by atoms with van der Waals surface area (Å²) >= 11 is 0. The smallest absolute Gasteiger partial charge is 0.261 e. The van der Waals surface area contributed by atoms with Crippen molar-refractivity contribution in [1.82, 2.24) is 0 Å². The Labute approximate surface area is 315 Å². The lowest BCUT2D eigenvalue weighted by Crippen LogP contribution is -2.76. The molecular formula is C44H51FO6Si2. The van der Waals surface area contributed by atoms with E-state index in [2.05, 4.69) is 65.8 Å². The molecule has 0 aromatic heterocycles. The maximum atomic E-state index is 14.4. The monoisotopic (exact) mass is 750 g/mol. The molecule has 9 heteroatoms. The van der Waals surface area contributed by atoms with Crippen LogP contribution in [0.3, 0.4) is 0 Å². The fraction of sp³-hybridized carbons (Fsp3) is 0.318. The molecule has 0 spiro atoms. The fourth-order valence-corrected chi connectivity index (χ4v) is 17.5. The normalized spacial score (nSPS) is 22.8. The van der Waals surface area contributed by atoms with E-state index < -0.39 is 69.3 Å². The maximum Gasteiger partial charge on any atom is 0.261 e. The minimum atomic E-state index is -3.48. The number of aliphatic hydroxyl groups excluding tert-OH is 2. The molecule has 0 bridgehead atoms. The van der Waals surface area contributed by atoms with Crippen molar-refractivity contribution in [2.75, 3.05) is 6.61 Å². The second kappa shape index (κ2) is 15.2. The highest BCUT2D eigenvalue weighted by molar-refractivity contribution is 7.00. The molecule has 0 amide bonds. The van der Waals surface area contributed by atoms with E-state index in [1.807, 2.05) is 97.1 Å².